The van der Waals surface area contributed by atoms with Crippen LogP contribution in [0.4, 0.5) is 0 Å². The molecule has 1 aromatic rings. The van der Waals surface area contributed by atoms with Gasteiger partial charge in [-0.2, -0.15) is 0 Å². The molecule has 2 nitrogen and oxygen atoms in total. The van der Waals surface area contributed by atoms with E-state index < -0.39 is 0 Å². The fourth-order valence-electron chi connectivity index (χ4n) is 2.01. The number of nitrogens with one attached hydrogen (secondary N) is 1. The Morgan fingerprint density at radius 3 is 2.71 bits per heavy atom. The van der Waals surface area contributed by atoms with Crippen LogP contribution >= 0.6 is 31.9 Å². The molecule has 0 bridgehead atoms. The maximum Gasteiger partial charge on any atom is 0.137 e. The standard InChI is InChI=1S/C13H17Br2NO/c1-8(9-3-4-9)16-7-10-5-11(14)6-12(15)13(10)17-2/h5-6,8-9,16H,3-4,7H2,1-2H3. The van der Waals surface area contributed by atoms with Crippen molar-refractivity contribution >= 4 is 31.9 Å². The molecule has 0 radical (unpaired) electrons. The molecule has 1 fully saturated rings. The lowest BCUT2D eigenvalue weighted by Gasteiger charge is -2.16. The molecule has 4 heteroatoms. The zero-order valence-electron chi connectivity index (χ0n) is 10.1. The Hall–Kier alpha value is -0.0600. The molecule has 1 unspecified atom stereocenters. The van der Waals surface area contributed by atoms with Crippen LogP contribution in [0.15, 0.2) is 21.1 Å². The van der Waals surface area contributed by atoms with Crippen LogP contribution in [-0.2, 0) is 6.54 Å². The molecule has 0 aliphatic heterocycles. The summed E-state index contributed by atoms with van der Waals surface area (Å²) in [6.07, 6.45) is 2.74. The van der Waals surface area contributed by atoms with E-state index in [1.165, 1.54) is 18.4 Å². The molecule has 94 valence electrons. The van der Waals surface area contributed by atoms with E-state index in [1.54, 1.807) is 7.11 Å². The summed E-state index contributed by atoms with van der Waals surface area (Å²) in [5.41, 5.74) is 1.18. The molecule has 1 atom stereocenters. The minimum atomic E-state index is 0.595. The van der Waals surface area contributed by atoms with Gasteiger partial charge in [-0.15, -0.1) is 0 Å². The zero-order valence-corrected chi connectivity index (χ0v) is 13.3. The number of halogens is 2. The Kier molecular flexibility index (Phi) is 4.50. The summed E-state index contributed by atoms with van der Waals surface area (Å²) in [5.74, 6) is 1.79. The molecule has 17 heavy (non-hydrogen) atoms. The van der Waals surface area contributed by atoms with E-state index in [0.29, 0.717) is 6.04 Å². The SMILES string of the molecule is COc1c(Br)cc(Br)cc1CNC(C)C1CC1. The molecule has 0 heterocycles. The van der Waals surface area contributed by atoms with Gasteiger partial charge in [0, 0.05) is 22.6 Å². The molecule has 1 aliphatic carbocycles. The highest BCUT2D eigenvalue weighted by Gasteiger charge is 2.27. The second-order valence-electron chi connectivity index (χ2n) is 4.59. The van der Waals surface area contributed by atoms with Gasteiger partial charge < -0.3 is 10.1 Å². The Bertz CT molecular complexity index is 405. The molecule has 0 amide bonds. The third kappa shape index (κ3) is 3.46. The molecule has 1 N–H and O–H groups in total. The summed E-state index contributed by atoms with van der Waals surface area (Å²) in [7, 11) is 1.71. The lowest BCUT2D eigenvalue weighted by Crippen LogP contribution is -2.27. The van der Waals surface area contributed by atoms with Gasteiger partial charge in [-0.05, 0) is 53.7 Å². The summed E-state index contributed by atoms with van der Waals surface area (Å²) in [6.45, 7) is 3.11. The summed E-state index contributed by atoms with van der Waals surface area (Å²) in [6, 6.07) is 4.71. The van der Waals surface area contributed by atoms with Crippen LogP contribution in [0, 0.1) is 5.92 Å². The average molecular weight is 363 g/mol. The normalized spacial score (nSPS) is 16.9. The van der Waals surface area contributed by atoms with Gasteiger partial charge in [-0.3, -0.25) is 0 Å². The molecule has 1 aliphatic rings. The van der Waals surface area contributed by atoms with Crippen molar-refractivity contribution in [2.24, 2.45) is 5.92 Å². The number of ether oxygens (including phenoxy) is 1. The minimum absolute atomic E-state index is 0.595. The van der Waals surface area contributed by atoms with Crippen molar-refractivity contribution in [3.05, 3.63) is 26.6 Å². The van der Waals surface area contributed by atoms with Gasteiger partial charge >= 0.3 is 0 Å². The van der Waals surface area contributed by atoms with E-state index in [0.717, 1.165) is 27.2 Å². The van der Waals surface area contributed by atoms with E-state index in [9.17, 15) is 0 Å². The van der Waals surface area contributed by atoms with Crippen LogP contribution in [0.5, 0.6) is 5.75 Å². The maximum absolute atomic E-state index is 5.43. The van der Waals surface area contributed by atoms with Crippen molar-refractivity contribution in [1.82, 2.24) is 5.32 Å². The predicted molar refractivity (Wildman–Crippen MR) is 77.4 cm³/mol. The first-order valence-corrected chi connectivity index (χ1v) is 7.45. The molecule has 1 aromatic carbocycles. The predicted octanol–water partition coefficient (Wildman–Crippen LogP) is 4.11. The third-order valence-electron chi connectivity index (χ3n) is 3.23. The molecule has 0 spiro atoms. The number of rotatable bonds is 5. The van der Waals surface area contributed by atoms with Gasteiger partial charge in [0.15, 0.2) is 0 Å². The van der Waals surface area contributed by atoms with Crippen molar-refractivity contribution in [1.29, 1.82) is 0 Å². The Morgan fingerprint density at radius 1 is 1.41 bits per heavy atom. The Labute approximate surface area is 119 Å². The first-order valence-electron chi connectivity index (χ1n) is 5.87. The van der Waals surface area contributed by atoms with Gasteiger partial charge in [-0.25, -0.2) is 0 Å². The summed E-state index contributed by atoms with van der Waals surface area (Å²) >= 11 is 7.03. The highest BCUT2D eigenvalue weighted by Crippen LogP contribution is 2.34. The van der Waals surface area contributed by atoms with Crippen molar-refractivity contribution in [3.63, 3.8) is 0 Å². The number of benzene rings is 1. The molecule has 0 aromatic heterocycles. The summed E-state index contributed by atoms with van der Waals surface area (Å²) in [5, 5.41) is 3.57. The van der Waals surface area contributed by atoms with E-state index in [2.05, 4.69) is 50.2 Å². The molecule has 1 saturated carbocycles. The first-order chi connectivity index (χ1) is 8.11. The average Bonchev–Trinajstić information content (AvgIpc) is 3.08. The van der Waals surface area contributed by atoms with Gasteiger partial charge in [0.05, 0.1) is 11.6 Å². The minimum Gasteiger partial charge on any atom is -0.495 e. The van der Waals surface area contributed by atoms with Crippen molar-refractivity contribution in [2.45, 2.75) is 32.4 Å². The maximum atomic E-state index is 5.43. The third-order valence-corrected chi connectivity index (χ3v) is 4.28. The second kappa shape index (κ2) is 5.72. The van der Waals surface area contributed by atoms with E-state index >= 15 is 0 Å². The van der Waals surface area contributed by atoms with Crippen LogP contribution in [0.3, 0.4) is 0 Å². The number of hydrogen-bond acceptors (Lipinski definition) is 2. The monoisotopic (exact) mass is 361 g/mol. The van der Waals surface area contributed by atoms with Crippen LogP contribution in [0.2, 0.25) is 0 Å². The highest BCUT2D eigenvalue weighted by atomic mass is 79.9. The van der Waals surface area contributed by atoms with E-state index in [4.69, 9.17) is 4.74 Å². The Morgan fingerprint density at radius 2 is 2.12 bits per heavy atom. The second-order valence-corrected chi connectivity index (χ2v) is 6.36. The van der Waals surface area contributed by atoms with Crippen LogP contribution in [-0.4, -0.2) is 13.2 Å². The largest absolute Gasteiger partial charge is 0.495 e. The van der Waals surface area contributed by atoms with Crippen molar-refractivity contribution < 1.29 is 4.74 Å². The smallest absolute Gasteiger partial charge is 0.137 e. The fraction of sp³-hybridized carbons (Fsp3) is 0.538. The fourth-order valence-corrected chi connectivity index (χ4v) is 3.48. The summed E-state index contributed by atoms with van der Waals surface area (Å²) in [4.78, 5) is 0. The van der Waals surface area contributed by atoms with Crippen molar-refractivity contribution in [2.75, 3.05) is 7.11 Å². The van der Waals surface area contributed by atoms with Crippen molar-refractivity contribution in [3.8, 4) is 5.75 Å². The Balaban J connectivity index is 2.07. The molecular formula is C13H17Br2NO. The lowest BCUT2D eigenvalue weighted by atomic mass is 10.1. The quantitative estimate of drug-likeness (QED) is 0.851. The first kappa shape index (κ1) is 13.4. The number of methoxy groups -OCH3 is 1. The molecule has 0 saturated heterocycles. The molecule has 2 rings (SSSR count). The number of hydrogen-bond donors (Lipinski definition) is 1. The topological polar surface area (TPSA) is 21.3 Å². The zero-order chi connectivity index (χ0) is 12.4. The van der Waals surface area contributed by atoms with Crippen LogP contribution in [0.1, 0.15) is 25.3 Å². The highest BCUT2D eigenvalue weighted by molar-refractivity contribution is 9.11. The van der Waals surface area contributed by atoms with Gasteiger partial charge in [0.1, 0.15) is 5.75 Å². The van der Waals surface area contributed by atoms with E-state index in [1.807, 2.05) is 6.07 Å². The lowest BCUT2D eigenvalue weighted by molar-refractivity contribution is 0.401. The van der Waals surface area contributed by atoms with Gasteiger partial charge in [0.2, 0.25) is 0 Å². The molecular weight excluding hydrogens is 346 g/mol. The van der Waals surface area contributed by atoms with Crippen LogP contribution in [0.25, 0.3) is 0 Å². The van der Waals surface area contributed by atoms with Gasteiger partial charge in [-0.1, -0.05) is 15.9 Å². The van der Waals surface area contributed by atoms with E-state index in [-0.39, 0.29) is 0 Å². The van der Waals surface area contributed by atoms with Gasteiger partial charge in [0.25, 0.3) is 0 Å². The van der Waals surface area contributed by atoms with Crippen LogP contribution < -0.4 is 10.1 Å². The summed E-state index contributed by atoms with van der Waals surface area (Å²) < 4.78 is 7.49.